The first-order chi connectivity index (χ1) is 11.2. The van der Waals surface area contributed by atoms with Crippen molar-refractivity contribution in [3.63, 3.8) is 0 Å². The van der Waals surface area contributed by atoms with Gasteiger partial charge in [0.05, 0.1) is 5.92 Å². The molecule has 5 nitrogen and oxygen atoms in total. The van der Waals surface area contributed by atoms with Crippen molar-refractivity contribution in [2.45, 2.75) is 57.9 Å². The van der Waals surface area contributed by atoms with Gasteiger partial charge < -0.3 is 10.2 Å². The van der Waals surface area contributed by atoms with Crippen LogP contribution in [0, 0.1) is 11.8 Å². The largest absolute Gasteiger partial charge is 0.354 e. The number of amides is 2. The molecule has 3 fully saturated rings. The van der Waals surface area contributed by atoms with E-state index in [0.717, 1.165) is 51.9 Å². The van der Waals surface area contributed by atoms with Crippen LogP contribution in [-0.2, 0) is 9.59 Å². The Morgan fingerprint density at radius 2 is 1.83 bits per heavy atom. The SMILES string of the molecule is CCN1CCCC[C@H]1CNC(=O)[C@@H]1CCCN(C(=O)C2CC2)C1. The molecule has 3 aliphatic rings. The van der Waals surface area contributed by atoms with Crippen molar-refractivity contribution in [1.29, 1.82) is 0 Å². The Morgan fingerprint density at radius 3 is 2.57 bits per heavy atom. The third kappa shape index (κ3) is 4.25. The van der Waals surface area contributed by atoms with Crippen molar-refractivity contribution in [2.24, 2.45) is 11.8 Å². The summed E-state index contributed by atoms with van der Waals surface area (Å²) in [7, 11) is 0. The normalized spacial score (nSPS) is 29.3. The van der Waals surface area contributed by atoms with Crippen molar-refractivity contribution in [1.82, 2.24) is 15.1 Å². The van der Waals surface area contributed by atoms with Crippen LogP contribution in [0.5, 0.6) is 0 Å². The van der Waals surface area contributed by atoms with Gasteiger partial charge in [0.15, 0.2) is 0 Å². The number of likely N-dealkylation sites (N-methyl/N-ethyl adjacent to an activating group) is 1. The fourth-order valence-electron chi connectivity index (χ4n) is 4.05. The molecule has 1 aliphatic carbocycles. The van der Waals surface area contributed by atoms with E-state index < -0.39 is 0 Å². The van der Waals surface area contributed by atoms with E-state index in [9.17, 15) is 9.59 Å². The summed E-state index contributed by atoms with van der Waals surface area (Å²) in [4.78, 5) is 29.1. The van der Waals surface area contributed by atoms with Gasteiger partial charge in [0, 0.05) is 31.6 Å². The number of nitrogens with one attached hydrogen (secondary N) is 1. The first kappa shape index (κ1) is 16.7. The molecule has 0 aromatic heterocycles. The highest BCUT2D eigenvalue weighted by Crippen LogP contribution is 2.32. The lowest BCUT2D eigenvalue weighted by Crippen LogP contribution is -2.50. The molecule has 3 rings (SSSR count). The van der Waals surface area contributed by atoms with E-state index in [1.165, 1.54) is 19.3 Å². The number of carbonyl (C=O) groups is 2. The van der Waals surface area contributed by atoms with E-state index >= 15 is 0 Å². The molecule has 1 saturated carbocycles. The van der Waals surface area contributed by atoms with Gasteiger partial charge in [-0.15, -0.1) is 0 Å². The summed E-state index contributed by atoms with van der Waals surface area (Å²) >= 11 is 0. The molecule has 2 amide bonds. The second kappa shape index (κ2) is 7.65. The molecule has 0 aromatic rings. The summed E-state index contributed by atoms with van der Waals surface area (Å²) in [5.41, 5.74) is 0. The summed E-state index contributed by atoms with van der Waals surface area (Å²) in [6, 6.07) is 0.491. The summed E-state index contributed by atoms with van der Waals surface area (Å²) < 4.78 is 0. The first-order valence-electron chi connectivity index (χ1n) is 9.49. The molecule has 2 heterocycles. The molecule has 23 heavy (non-hydrogen) atoms. The zero-order valence-electron chi connectivity index (χ0n) is 14.4. The van der Waals surface area contributed by atoms with E-state index in [4.69, 9.17) is 0 Å². The average Bonchev–Trinajstić information content (AvgIpc) is 3.44. The minimum Gasteiger partial charge on any atom is -0.354 e. The molecule has 2 aliphatic heterocycles. The van der Waals surface area contributed by atoms with Gasteiger partial charge >= 0.3 is 0 Å². The molecule has 5 heteroatoms. The summed E-state index contributed by atoms with van der Waals surface area (Å²) in [5.74, 6) is 0.689. The van der Waals surface area contributed by atoms with Crippen LogP contribution in [0.4, 0.5) is 0 Å². The quantitative estimate of drug-likeness (QED) is 0.837. The van der Waals surface area contributed by atoms with E-state index in [1.807, 2.05) is 4.90 Å². The maximum Gasteiger partial charge on any atom is 0.225 e. The Morgan fingerprint density at radius 1 is 1.00 bits per heavy atom. The van der Waals surface area contributed by atoms with Crippen LogP contribution < -0.4 is 5.32 Å². The zero-order valence-corrected chi connectivity index (χ0v) is 14.4. The molecule has 130 valence electrons. The van der Waals surface area contributed by atoms with Crippen LogP contribution >= 0.6 is 0 Å². The molecule has 0 unspecified atom stereocenters. The Hall–Kier alpha value is -1.10. The predicted molar refractivity (Wildman–Crippen MR) is 89.9 cm³/mol. The van der Waals surface area contributed by atoms with Crippen LogP contribution in [0.2, 0.25) is 0 Å². The van der Waals surface area contributed by atoms with E-state index in [0.29, 0.717) is 12.6 Å². The summed E-state index contributed by atoms with van der Waals surface area (Å²) in [6.07, 6.45) is 7.69. The van der Waals surface area contributed by atoms with Gasteiger partial charge in [-0.25, -0.2) is 0 Å². The second-order valence-corrected chi connectivity index (χ2v) is 7.42. The molecule has 2 atom stereocenters. The molecular formula is C18H31N3O2. The summed E-state index contributed by atoms with van der Waals surface area (Å²) in [5, 5.41) is 3.17. The molecule has 0 bridgehead atoms. The van der Waals surface area contributed by atoms with Gasteiger partial charge in [0.2, 0.25) is 11.8 Å². The maximum absolute atomic E-state index is 12.5. The van der Waals surface area contributed by atoms with Gasteiger partial charge in [0.1, 0.15) is 0 Å². The Kier molecular flexibility index (Phi) is 5.57. The standard InChI is InChI=1S/C18H31N3O2/c1-2-20-10-4-3-7-16(20)12-19-17(22)15-6-5-11-21(13-15)18(23)14-8-9-14/h14-16H,2-13H2,1H3,(H,19,22)/t15-,16+/m1/s1. The monoisotopic (exact) mass is 321 g/mol. The second-order valence-electron chi connectivity index (χ2n) is 7.42. The van der Waals surface area contributed by atoms with Gasteiger partial charge in [-0.2, -0.15) is 0 Å². The van der Waals surface area contributed by atoms with Crippen LogP contribution in [0.3, 0.4) is 0 Å². The van der Waals surface area contributed by atoms with E-state index in [-0.39, 0.29) is 23.7 Å². The lowest BCUT2D eigenvalue weighted by molar-refractivity contribution is -0.136. The highest BCUT2D eigenvalue weighted by atomic mass is 16.2. The Labute approximate surface area is 139 Å². The topological polar surface area (TPSA) is 52.7 Å². The number of piperidine rings is 2. The zero-order chi connectivity index (χ0) is 16.2. The number of rotatable bonds is 5. The van der Waals surface area contributed by atoms with Crippen molar-refractivity contribution < 1.29 is 9.59 Å². The lowest BCUT2D eigenvalue weighted by atomic mass is 9.96. The van der Waals surface area contributed by atoms with Crippen molar-refractivity contribution in [2.75, 3.05) is 32.7 Å². The molecule has 0 aromatic carbocycles. The molecule has 0 spiro atoms. The van der Waals surface area contributed by atoms with E-state index in [1.54, 1.807) is 0 Å². The minimum absolute atomic E-state index is 0.00915. The number of carbonyl (C=O) groups excluding carboxylic acids is 2. The van der Waals surface area contributed by atoms with Gasteiger partial charge in [-0.05, 0) is 51.6 Å². The number of nitrogens with zero attached hydrogens (tertiary/aromatic N) is 2. The van der Waals surface area contributed by atoms with Crippen molar-refractivity contribution in [3.8, 4) is 0 Å². The fourth-order valence-corrected chi connectivity index (χ4v) is 4.05. The molecule has 2 saturated heterocycles. The van der Waals surface area contributed by atoms with E-state index in [2.05, 4.69) is 17.1 Å². The van der Waals surface area contributed by atoms with Crippen LogP contribution in [0.25, 0.3) is 0 Å². The third-order valence-electron chi connectivity index (χ3n) is 5.70. The predicted octanol–water partition coefficient (Wildman–Crippen LogP) is 1.63. The molecular weight excluding hydrogens is 290 g/mol. The number of likely N-dealkylation sites (tertiary alicyclic amines) is 2. The summed E-state index contributed by atoms with van der Waals surface area (Å²) in [6.45, 7) is 6.65. The fraction of sp³-hybridized carbons (Fsp3) is 0.889. The average molecular weight is 321 g/mol. The molecule has 1 N–H and O–H groups in total. The Bertz CT molecular complexity index is 436. The Balaban J connectivity index is 1.46. The third-order valence-corrected chi connectivity index (χ3v) is 5.70. The number of hydrogen-bond donors (Lipinski definition) is 1. The van der Waals surface area contributed by atoms with Gasteiger partial charge in [-0.3, -0.25) is 14.5 Å². The van der Waals surface area contributed by atoms with Crippen molar-refractivity contribution >= 4 is 11.8 Å². The smallest absolute Gasteiger partial charge is 0.225 e. The van der Waals surface area contributed by atoms with Crippen LogP contribution in [0.1, 0.15) is 51.9 Å². The highest BCUT2D eigenvalue weighted by Gasteiger charge is 2.36. The van der Waals surface area contributed by atoms with Gasteiger partial charge in [-0.1, -0.05) is 13.3 Å². The number of hydrogen-bond acceptors (Lipinski definition) is 3. The van der Waals surface area contributed by atoms with Crippen LogP contribution in [0.15, 0.2) is 0 Å². The first-order valence-corrected chi connectivity index (χ1v) is 9.49. The minimum atomic E-state index is -0.00915. The van der Waals surface area contributed by atoms with Gasteiger partial charge in [0.25, 0.3) is 0 Å². The molecule has 0 radical (unpaired) electrons. The maximum atomic E-state index is 12.5. The van der Waals surface area contributed by atoms with Crippen LogP contribution in [-0.4, -0.2) is 60.4 Å². The lowest BCUT2D eigenvalue weighted by Gasteiger charge is -2.36. The van der Waals surface area contributed by atoms with Crippen molar-refractivity contribution in [3.05, 3.63) is 0 Å². The highest BCUT2D eigenvalue weighted by molar-refractivity contribution is 5.83.